The summed E-state index contributed by atoms with van der Waals surface area (Å²) in [7, 11) is -5.32. The predicted molar refractivity (Wildman–Crippen MR) is 338 cm³/mol. The number of nitrogens with two attached hydrogens (primary N) is 6. The summed E-state index contributed by atoms with van der Waals surface area (Å²) < 4.78 is 31.9. The fraction of sp³-hybridized carbons (Fsp3) is 0.619. The van der Waals surface area contributed by atoms with Crippen LogP contribution in [0.2, 0.25) is 0 Å². The van der Waals surface area contributed by atoms with E-state index in [1.54, 1.807) is 6.92 Å². The summed E-state index contributed by atoms with van der Waals surface area (Å²) in [6.45, 7) is 19.0. The zero-order chi connectivity index (χ0) is 66.7. The SMILES string of the molecule is C/C1=C2N=C(/C=C3N=C(/C(C)=C4\[N-]C(C(CC(N)=O)C4(C)CCC(=O)NCC(C)OP(=O)([O-])OC4C(O)[C@@H](n5cnc6cc(C)c(C)cc65)O[C@@H]4CO)C4(C)N=C1C(CCC(N)=O)C4(C)CC(N)=O)C(CCC(N)=O)C\3(C)C)C(CCC(N)=O)C/2(C)CC(N)=O.[CH3-].[Co]. The van der Waals surface area contributed by atoms with Gasteiger partial charge in [0.15, 0.2) is 6.23 Å². The molecule has 1 radical (unpaired) electrons. The van der Waals surface area contributed by atoms with Gasteiger partial charge in [0.1, 0.15) is 18.3 Å². The Balaban J connectivity index is 0.00000672. The molecular weight excluding hydrogens is 1250 g/mol. The number of fused-ring (bicyclic) bond motifs is 7. The molecule has 0 aliphatic carbocycles. The molecule has 29 heteroatoms. The third kappa shape index (κ3) is 14.1. The van der Waals surface area contributed by atoms with Gasteiger partial charge in [-0.3, -0.25) is 53.1 Å². The Hall–Kier alpha value is -6.49. The summed E-state index contributed by atoms with van der Waals surface area (Å²) in [6, 6.07) is 2.65. The largest absolute Gasteiger partial charge is 0.756 e. The molecule has 7 heterocycles. The second-order valence-corrected chi connectivity index (χ2v) is 28.3. The van der Waals surface area contributed by atoms with Crippen molar-refractivity contribution < 1.29 is 83.8 Å². The number of hydrogen-bond donors (Lipinski definition) is 9. The molecule has 1 aromatic heterocycles. The summed E-state index contributed by atoms with van der Waals surface area (Å²) >= 11 is 0. The van der Waals surface area contributed by atoms with Crippen LogP contribution in [0.1, 0.15) is 150 Å². The van der Waals surface area contributed by atoms with E-state index in [2.05, 4.69) is 10.3 Å². The number of carbonyl (C=O) groups excluding carboxylic acids is 7. The number of rotatable bonds is 26. The molecule has 27 nitrogen and oxygen atoms in total. The number of aliphatic imine (C=N–C) groups is 3. The van der Waals surface area contributed by atoms with Gasteiger partial charge in [0.25, 0.3) is 7.82 Å². The molecule has 13 unspecified atom stereocenters. The monoisotopic (exact) mass is 1340 g/mol. The van der Waals surface area contributed by atoms with Crippen molar-refractivity contribution in [1.82, 2.24) is 14.9 Å². The number of aliphatic hydroxyl groups excluding tert-OH is 2. The van der Waals surface area contributed by atoms with Gasteiger partial charge in [-0.25, -0.2) is 4.98 Å². The van der Waals surface area contributed by atoms with E-state index in [1.807, 2.05) is 80.5 Å². The molecule has 2 fully saturated rings. The van der Waals surface area contributed by atoms with Crippen LogP contribution in [0.4, 0.5) is 0 Å². The summed E-state index contributed by atoms with van der Waals surface area (Å²) in [5, 5.41) is 30.1. The van der Waals surface area contributed by atoms with E-state index in [-0.39, 0.29) is 101 Å². The maximum absolute atomic E-state index is 14.4. The van der Waals surface area contributed by atoms with Crippen molar-refractivity contribution in [2.24, 2.45) is 94.7 Å². The summed E-state index contributed by atoms with van der Waals surface area (Å²) in [6.07, 6.45) is -4.79. The van der Waals surface area contributed by atoms with Crippen LogP contribution in [0, 0.1) is 66.6 Å². The van der Waals surface area contributed by atoms with Crippen molar-refractivity contribution >= 4 is 77.3 Å². The molecule has 8 rings (SSSR count). The van der Waals surface area contributed by atoms with Gasteiger partial charge in [0.2, 0.25) is 41.4 Å². The molecule has 0 spiro atoms. The van der Waals surface area contributed by atoms with Crippen LogP contribution in [0.25, 0.3) is 16.4 Å². The number of carbonyl (C=O) groups is 7. The number of primary amides is 6. The van der Waals surface area contributed by atoms with Gasteiger partial charge in [0.05, 0.1) is 41.3 Å². The van der Waals surface area contributed by atoms with E-state index < -0.39 is 143 Å². The van der Waals surface area contributed by atoms with Crippen LogP contribution < -0.4 is 44.6 Å². The van der Waals surface area contributed by atoms with E-state index in [4.69, 9.17) is 68.5 Å². The first-order chi connectivity index (χ1) is 41.8. The Morgan fingerprint density at radius 2 is 1.38 bits per heavy atom. The van der Waals surface area contributed by atoms with Crippen molar-refractivity contribution in [2.75, 3.05) is 13.2 Å². The Morgan fingerprint density at radius 1 is 0.793 bits per heavy atom. The average molecular weight is 1340 g/mol. The fourth-order valence-electron chi connectivity index (χ4n) is 15.3. The minimum Gasteiger partial charge on any atom is -0.756 e. The molecule has 509 valence electrons. The Bertz CT molecular complexity index is 3540. The summed E-state index contributed by atoms with van der Waals surface area (Å²) in [5.41, 5.74) is 36.7. The quantitative estimate of drug-likeness (QED) is 0.0478. The Kier molecular flexibility index (Phi) is 22.6. The van der Waals surface area contributed by atoms with Crippen molar-refractivity contribution in [3.8, 4) is 0 Å². The third-order valence-electron chi connectivity index (χ3n) is 20.5. The van der Waals surface area contributed by atoms with Crippen molar-refractivity contribution in [2.45, 2.75) is 189 Å². The second kappa shape index (κ2) is 27.8. The predicted octanol–water partition coefficient (Wildman–Crippen LogP) is 3.76. The number of aryl methyl sites for hydroxylation is 2. The summed E-state index contributed by atoms with van der Waals surface area (Å²) in [4.78, 5) is 128. The molecule has 0 saturated carbocycles. The van der Waals surface area contributed by atoms with Gasteiger partial charge in [-0.2, -0.15) is 5.70 Å². The van der Waals surface area contributed by atoms with Crippen molar-refractivity contribution in [3.05, 3.63) is 76.6 Å². The zero-order valence-electron chi connectivity index (χ0n) is 54.5. The number of phosphoric ester groups is 1. The molecule has 15 atom stereocenters. The normalized spacial score (nSPS) is 33.5. The first-order valence-corrected chi connectivity index (χ1v) is 32.0. The molecule has 7 amide bonds. The minimum absolute atomic E-state index is 0. The second-order valence-electron chi connectivity index (χ2n) is 27.0. The molecule has 2 saturated heterocycles. The zero-order valence-corrected chi connectivity index (χ0v) is 56.4. The number of ether oxygens (including phenoxy) is 1. The molecule has 92 heavy (non-hydrogen) atoms. The third-order valence-corrected chi connectivity index (χ3v) is 21.6. The van der Waals surface area contributed by atoms with Crippen LogP contribution in [-0.4, -0.2) is 127 Å². The van der Waals surface area contributed by atoms with E-state index in [1.165, 1.54) is 17.8 Å². The van der Waals surface area contributed by atoms with Crippen LogP contribution in [0.15, 0.2) is 67.8 Å². The van der Waals surface area contributed by atoms with E-state index in [0.717, 1.165) is 11.1 Å². The smallest absolute Gasteiger partial charge is 0.268 e. The van der Waals surface area contributed by atoms with Gasteiger partial charge in [-0.15, -0.1) is 0 Å². The molecule has 6 aliphatic rings. The number of benzene rings is 1. The van der Waals surface area contributed by atoms with Gasteiger partial charge in [-0.05, 0) is 119 Å². The van der Waals surface area contributed by atoms with Crippen molar-refractivity contribution in [3.63, 3.8) is 0 Å². The number of allylic oxidation sites excluding steroid dienone is 6. The van der Waals surface area contributed by atoms with Gasteiger partial charge >= 0.3 is 0 Å². The number of aliphatic hydroxyl groups is 2. The van der Waals surface area contributed by atoms with Crippen LogP contribution in [-0.2, 0) is 68.7 Å². The fourth-order valence-corrected chi connectivity index (χ4v) is 16.4. The van der Waals surface area contributed by atoms with Crippen LogP contribution >= 0.6 is 7.82 Å². The van der Waals surface area contributed by atoms with Crippen molar-refractivity contribution in [1.29, 1.82) is 0 Å². The summed E-state index contributed by atoms with van der Waals surface area (Å²) in [5.74, 6) is -7.40. The molecule has 15 N–H and O–H groups in total. The average Bonchev–Trinajstić information content (AvgIpc) is 1.53. The number of nitrogens with zero attached hydrogens (tertiary/aromatic N) is 6. The molecular formula is C63H91CoN13O14P-3. The van der Waals surface area contributed by atoms with E-state index >= 15 is 0 Å². The number of amides is 7. The number of hydrogen-bond acceptors (Lipinski definition) is 18. The standard InChI is InChI=1S/C62H90N13O14P.CH3.Co/c1-29-20-39-40(21-30(29)2)75(28-70-39)57-52(84)53(41(27-76)87-57)89-90(85,86)88-31(3)26-69-49(83)18-19-59(8)37(22-46(66)80)56-62(11)61(10,25-48(68)82)36(14-17-45(65)79)51(74-62)33(5)55-60(9,24-47(67)81)34(12-15-43(63)77)38(71-55)23-42-58(6,7)35(13-16-44(64)78)50(72-42)32(4)54(59)73-56;;/h20-21,23,28,31,34-37,41,52-53,56-57,76,84H,12-19,22,24-27H2,1-11H3,(H15,63,64,65,66,67,68,69,71,72,73,74,77,78,79,80,81,82,83,85,86);1H3;/q;-1;/p-2/t31?,34?,35?,36?,37?,41-,52?,53?,56?,57+,59?,60?,61?,62?;;/m1../s1. The van der Waals surface area contributed by atoms with Gasteiger partial charge in [0, 0.05) is 125 Å². The number of nitrogens with one attached hydrogen (secondary N) is 1. The molecule has 8 bridgehead atoms. The molecule has 1 aromatic carbocycles. The maximum atomic E-state index is 14.4. The topological polar surface area (TPSA) is 465 Å². The Morgan fingerprint density at radius 3 is 1.96 bits per heavy atom. The number of phosphoric acid groups is 1. The maximum Gasteiger partial charge on any atom is 0.268 e. The molecule has 2 aromatic rings. The first-order valence-electron chi connectivity index (χ1n) is 30.5. The molecule has 6 aliphatic heterocycles. The van der Waals surface area contributed by atoms with Gasteiger partial charge < -0.3 is 85.9 Å². The minimum atomic E-state index is -5.32. The van der Waals surface area contributed by atoms with E-state index in [9.17, 15) is 53.2 Å². The van der Waals surface area contributed by atoms with E-state index in [0.29, 0.717) is 56.4 Å². The van der Waals surface area contributed by atoms with Crippen LogP contribution in [0.5, 0.6) is 0 Å². The first kappa shape index (κ1) is 74.5. The van der Waals surface area contributed by atoms with Gasteiger partial charge in [-0.1, -0.05) is 40.7 Å². The Labute approximate surface area is 547 Å². The van der Waals surface area contributed by atoms with Crippen LogP contribution in [0.3, 0.4) is 0 Å². The number of imidazole rings is 1. The number of aromatic nitrogens is 2.